The lowest BCUT2D eigenvalue weighted by Gasteiger charge is -2.48. The van der Waals surface area contributed by atoms with Crippen LogP contribution in [0.4, 0.5) is 104 Å². The van der Waals surface area contributed by atoms with Crippen LogP contribution in [0.15, 0.2) is 146 Å². The second-order valence-corrected chi connectivity index (χ2v) is 17.6. The van der Waals surface area contributed by atoms with Gasteiger partial charge in [0.1, 0.15) is 0 Å². The van der Waals surface area contributed by atoms with Gasteiger partial charge in [-0.05, 0) is 77.1 Å². The SMILES string of the molecule is FC1(F)c2cc3c(cc2C(F)(F)C(F)(F)C1(F)F)N(c1ccccc1)c1cc(-n2c4ccccc4c4ccccc42)cc2c1B3c1cc3c(cc1N2c1ccccc1)C(F)(F)C(F)(F)C(F)(F)C3(F)F. The Kier molecular flexibility index (Phi) is 8.44. The summed E-state index contributed by atoms with van der Waals surface area (Å²) in [5.74, 6) is -51.2. The maximum Gasteiger partial charge on any atom is 0.382 e. The van der Waals surface area contributed by atoms with E-state index in [4.69, 9.17) is 0 Å². The van der Waals surface area contributed by atoms with Crippen molar-refractivity contribution in [2.45, 2.75) is 47.4 Å². The standard InChI is InChI=1S/C50H24BF16N3/c52-43(53)30-21-34-38(23-32(30)45(56,57)49(64,65)47(43,60)61)68(25-11-3-1-4-12-25)40-19-27(70-36-17-9-7-15-28(36)29-16-8-10-18-37(29)70)20-41-42(40)51(34)35-22-31-33(24-39(35)69(41)26-13-5-2-6-14-26)46(58,59)50(66,67)48(62,63)44(31,54)55/h1-24H. The van der Waals surface area contributed by atoms with Gasteiger partial charge in [-0.1, -0.05) is 84.9 Å². The zero-order chi connectivity index (χ0) is 49.7. The quantitative estimate of drug-likeness (QED) is 0.129. The van der Waals surface area contributed by atoms with Crippen LogP contribution in [0.1, 0.15) is 22.3 Å². The van der Waals surface area contributed by atoms with E-state index in [-0.39, 0.29) is 58.2 Å². The molecule has 3 nitrogen and oxygen atoms in total. The molecule has 0 unspecified atom stereocenters. The monoisotopic (exact) mass is 981 g/mol. The van der Waals surface area contributed by atoms with Crippen LogP contribution in [0.5, 0.6) is 0 Å². The minimum Gasteiger partial charge on any atom is -0.311 e. The highest BCUT2D eigenvalue weighted by molar-refractivity contribution is 7.00. The Hall–Kier alpha value is -7.12. The molecule has 0 spiro atoms. The fourth-order valence-corrected chi connectivity index (χ4v) is 10.6. The molecular weight excluding hydrogens is 957 g/mol. The number of alkyl halides is 16. The van der Waals surface area contributed by atoms with Crippen molar-refractivity contribution in [3.05, 3.63) is 168 Å². The Morgan fingerprint density at radius 2 is 0.629 bits per heavy atom. The maximum absolute atomic E-state index is 16.1. The average molecular weight is 982 g/mol. The van der Waals surface area contributed by atoms with Gasteiger partial charge in [0.05, 0.1) is 16.7 Å². The van der Waals surface area contributed by atoms with Crippen LogP contribution in [0.2, 0.25) is 0 Å². The summed E-state index contributed by atoms with van der Waals surface area (Å²) in [6.07, 6.45) is 0. The van der Waals surface area contributed by atoms with Crippen LogP contribution in [-0.2, 0) is 23.7 Å². The molecule has 0 saturated heterocycles. The van der Waals surface area contributed by atoms with E-state index in [0.717, 1.165) is 9.80 Å². The second kappa shape index (κ2) is 13.4. The van der Waals surface area contributed by atoms with Crippen molar-refractivity contribution in [1.82, 2.24) is 4.57 Å². The molecule has 2 aliphatic heterocycles. The summed E-state index contributed by atoms with van der Waals surface area (Å²) in [4.78, 5) is 2.29. The molecule has 354 valence electrons. The van der Waals surface area contributed by atoms with Crippen molar-refractivity contribution in [2.75, 3.05) is 9.80 Å². The molecule has 70 heavy (non-hydrogen) atoms. The van der Waals surface area contributed by atoms with Crippen molar-refractivity contribution in [1.29, 1.82) is 0 Å². The highest BCUT2D eigenvalue weighted by atomic mass is 19.4. The number of rotatable bonds is 3. The summed E-state index contributed by atoms with van der Waals surface area (Å²) in [7, 11) is 0. The molecule has 0 fully saturated rings. The van der Waals surface area contributed by atoms with Crippen LogP contribution >= 0.6 is 0 Å². The molecule has 8 aromatic rings. The molecule has 12 rings (SSSR count). The molecule has 20 heteroatoms. The first-order valence-electron chi connectivity index (χ1n) is 21.1. The zero-order valence-corrected chi connectivity index (χ0v) is 34.8. The molecular formula is C50H24BF16N3. The Labute approximate surface area is 383 Å². The molecule has 3 heterocycles. The van der Waals surface area contributed by atoms with Crippen molar-refractivity contribution in [3.8, 4) is 5.69 Å². The Bertz CT molecular complexity index is 3330. The molecule has 0 bridgehead atoms. The molecule has 0 N–H and O–H groups in total. The predicted octanol–water partition coefficient (Wildman–Crippen LogP) is 13.8. The number of benzene rings is 7. The predicted molar refractivity (Wildman–Crippen MR) is 230 cm³/mol. The number of hydrogen-bond donors (Lipinski definition) is 0. The van der Waals surface area contributed by atoms with Crippen molar-refractivity contribution in [3.63, 3.8) is 0 Å². The Morgan fingerprint density at radius 3 is 0.986 bits per heavy atom. The summed E-state index contributed by atoms with van der Waals surface area (Å²) >= 11 is 0. The number of hydrogen-bond acceptors (Lipinski definition) is 2. The first-order chi connectivity index (χ1) is 32.8. The van der Waals surface area contributed by atoms with Crippen LogP contribution in [0, 0.1) is 0 Å². The normalized spacial score (nSPS) is 20.8. The summed E-state index contributed by atoms with van der Waals surface area (Å²) in [6.45, 7) is -2.06. The molecule has 0 radical (unpaired) electrons. The van der Waals surface area contributed by atoms with Crippen molar-refractivity contribution < 1.29 is 70.2 Å². The number of fused-ring (bicyclic) bond motifs is 9. The van der Waals surface area contributed by atoms with E-state index in [2.05, 4.69) is 0 Å². The Balaban J connectivity index is 1.29. The lowest BCUT2D eigenvalue weighted by Crippen LogP contribution is -2.66. The summed E-state index contributed by atoms with van der Waals surface area (Å²) in [5.41, 5.74) is -11.3. The third kappa shape index (κ3) is 5.00. The molecule has 0 amide bonds. The van der Waals surface area contributed by atoms with Crippen LogP contribution < -0.4 is 26.2 Å². The van der Waals surface area contributed by atoms with Gasteiger partial charge >= 0.3 is 47.4 Å². The minimum absolute atomic E-state index is 0.00208. The van der Waals surface area contributed by atoms with Crippen LogP contribution in [0.25, 0.3) is 27.5 Å². The Morgan fingerprint density at radius 1 is 0.314 bits per heavy atom. The van der Waals surface area contributed by atoms with Gasteiger partial charge in [0.25, 0.3) is 6.71 Å². The first-order valence-corrected chi connectivity index (χ1v) is 21.1. The van der Waals surface area contributed by atoms with Crippen LogP contribution in [-0.4, -0.2) is 35.0 Å². The molecule has 7 aromatic carbocycles. The number of nitrogens with zero attached hydrogens (tertiary/aromatic N) is 3. The lowest BCUT2D eigenvalue weighted by molar-refractivity contribution is -0.386. The number of para-hydroxylation sites is 4. The van der Waals surface area contributed by atoms with Crippen LogP contribution in [0.3, 0.4) is 0 Å². The summed E-state index contributed by atoms with van der Waals surface area (Å²) in [6, 6.07) is 31.5. The topological polar surface area (TPSA) is 11.4 Å². The summed E-state index contributed by atoms with van der Waals surface area (Å²) < 4.78 is 253. The third-order valence-corrected chi connectivity index (χ3v) is 13.9. The molecule has 2 aliphatic carbocycles. The smallest absolute Gasteiger partial charge is 0.311 e. The third-order valence-electron chi connectivity index (χ3n) is 13.9. The fourth-order valence-electron chi connectivity index (χ4n) is 10.6. The average Bonchev–Trinajstić information content (AvgIpc) is 3.67. The van der Waals surface area contributed by atoms with E-state index >= 15 is 70.2 Å². The molecule has 1 aromatic heterocycles. The van der Waals surface area contributed by atoms with E-state index in [1.165, 1.54) is 72.8 Å². The highest BCUT2D eigenvalue weighted by Gasteiger charge is 2.86. The first kappa shape index (κ1) is 44.1. The van der Waals surface area contributed by atoms with E-state index in [1.54, 1.807) is 53.1 Å². The van der Waals surface area contributed by atoms with E-state index < -0.39 is 98.6 Å². The van der Waals surface area contributed by atoms with Gasteiger partial charge in [-0.3, -0.25) is 0 Å². The van der Waals surface area contributed by atoms with Gasteiger partial charge in [0, 0.05) is 67.2 Å². The number of aromatic nitrogens is 1. The number of anilines is 6. The van der Waals surface area contributed by atoms with Gasteiger partial charge < -0.3 is 14.4 Å². The van der Waals surface area contributed by atoms with Gasteiger partial charge in [-0.2, -0.15) is 70.2 Å². The molecule has 4 aliphatic rings. The van der Waals surface area contributed by atoms with Gasteiger partial charge in [0.2, 0.25) is 0 Å². The largest absolute Gasteiger partial charge is 0.382 e. The van der Waals surface area contributed by atoms with Gasteiger partial charge in [-0.15, -0.1) is 0 Å². The lowest BCUT2D eigenvalue weighted by atomic mass is 9.33. The van der Waals surface area contributed by atoms with E-state index in [0.29, 0.717) is 21.8 Å². The molecule has 0 atom stereocenters. The minimum atomic E-state index is -6.77. The second-order valence-electron chi connectivity index (χ2n) is 17.6. The van der Waals surface area contributed by atoms with Crippen molar-refractivity contribution in [2.24, 2.45) is 0 Å². The maximum atomic E-state index is 16.1. The highest BCUT2D eigenvalue weighted by Crippen LogP contribution is 2.67. The van der Waals surface area contributed by atoms with E-state index in [9.17, 15) is 0 Å². The van der Waals surface area contributed by atoms with Gasteiger partial charge in [0.15, 0.2) is 0 Å². The van der Waals surface area contributed by atoms with Crippen molar-refractivity contribution >= 4 is 79.0 Å². The zero-order valence-electron chi connectivity index (χ0n) is 34.8. The molecule has 0 saturated carbocycles. The number of halogens is 16. The fraction of sp³-hybridized carbons (Fsp3) is 0.160. The van der Waals surface area contributed by atoms with Gasteiger partial charge in [-0.25, -0.2) is 0 Å². The van der Waals surface area contributed by atoms with E-state index in [1.807, 2.05) is 0 Å². The summed E-state index contributed by atoms with van der Waals surface area (Å²) in [5, 5.41) is 1.38.